The summed E-state index contributed by atoms with van der Waals surface area (Å²) in [6, 6.07) is 19.3. The molecule has 3 heterocycles. The number of benzene rings is 3. The summed E-state index contributed by atoms with van der Waals surface area (Å²) < 4.78 is 13.7. The van der Waals surface area contributed by atoms with Gasteiger partial charge < -0.3 is 14.4 Å². The third-order valence-electron chi connectivity index (χ3n) is 7.79. The van der Waals surface area contributed by atoms with Gasteiger partial charge in [0.15, 0.2) is 4.80 Å². The summed E-state index contributed by atoms with van der Waals surface area (Å²) in [6.07, 6.45) is 1.21. The van der Waals surface area contributed by atoms with Crippen molar-refractivity contribution < 1.29 is 19.1 Å². The zero-order valence-corrected chi connectivity index (χ0v) is 28.0. The molecule has 0 fully saturated rings. The van der Waals surface area contributed by atoms with Gasteiger partial charge in [-0.05, 0) is 49.2 Å². The topological polar surface area (TPSA) is 90.2 Å². The van der Waals surface area contributed by atoms with E-state index in [-0.39, 0.29) is 29.2 Å². The Bertz CT molecular complexity index is 2070. The number of rotatable bonds is 8. The molecule has 2 aliphatic rings. The second-order valence-electron chi connectivity index (χ2n) is 10.5. The van der Waals surface area contributed by atoms with Gasteiger partial charge in [-0.3, -0.25) is 14.2 Å². The molecular formula is C34H29BrClN3O5S. The zero-order chi connectivity index (χ0) is 31.8. The van der Waals surface area contributed by atoms with Crippen molar-refractivity contribution in [2.45, 2.75) is 39.3 Å². The summed E-state index contributed by atoms with van der Waals surface area (Å²) in [5, 5.41) is 0.550. The molecule has 8 nitrogen and oxygen atoms in total. The molecule has 230 valence electrons. The molecule has 0 unspecified atom stereocenters. The number of ether oxygens (including phenoxy) is 2. The van der Waals surface area contributed by atoms with E-state index < -0.39 is 17.6 Å². The van der Waals surface area contributed by atoms with Crippen molar-refractivity contribution in [1.29, 1.82) is 0 Å². The molecule has 1 atom stereocenters. The smallest absolute Gasteiger partial charge is 0.338 e. The highest BCUT2D eigenvalue weighted by Crippen LogP contribution is 2.40. The number of aromatic nitrogens is 1. The predicted octanol–water partition coefficient (Wildman–Crippen LogP) is 5.92. The van der Waals surface area contributed by atoms with Crippen LogP contribution in [-0.2, 0) is 20.9 Å². The maximum atomic E-state index is 14.6. The maximum Gasteiger partial charge on any atom is 0.338 e. The molecule has 1 amide bonds. The molecule has 0 aliphatic carbocycles. The number of para-hydroxylation sites is 1. The number of hydrogen-bond acceptors (Lipinski definition) is 7. The zero-order valence-electron chi connectivity index (χ0n) is 24.8. The summed E-state index contributed by atoms with van der Waals surface area (Å²) in [6.45, 7) is 4.13. The van der Waals surface area contributed by atoms with Gasteiger partial charge in [0.05, 0.1) is 42.8 Å². The van der Waals surface area contributed by atoms with Crippen molar-refractivity contribution in [3.8, 4) is 5.75 Å². The number of thiazole rings is 1. The molecule has 0 saturated carbocycles. The van der Waals surface area contributed by atoms with Gasteiger partial charge in [0, 0.05) is 20.6 Å². The number of carbonyl (C=O) groups excluding carboxylic acids is 2. The van der Waals surface area contributed by atoms with E-state index >= 15 is 0 Å². The van der Waals surface area contributed by atoms with Gasteiger partial charge in [0.2, 0.25) is 0 Å². The van der Waals surface area contributed by atoms with Gasteiger partial charge in [-0.2, -0.15) is 0 Å². The number of allylic oxidation sites excluding steroid dienone is 1. The van der Waals surface area contributed by atoms with Crippen LogP contribution >= 0.6 is 38.9 Å². The summed E-state index contributed by atoms with van der Waals surface area (Å²) >= 11 is 11.2. The van der Waals surface area contributed by atoms with E-state index in [1.807, 2.05) is 61.5 Å². The molecular weight excluding hydrogens is 678 g/mol. The number of methoxy groups -OCH3 is 1. The first-order valence-electron chi connectivity index (χ1n) is 14.5. The fourth-order valence-electron chi connectivity index (χ4n) is 5.84. The molecule has 0 saturated heterocycles. The molecule has 0 spiro atoms. The third-order valence-corrected chi connectivity index (χ3v) is 9.71. The fourth-order valence-corrected chi connectivity index (χ4v) is 7.52. The van der Waals surface area contributed by atoms with Crippen molar-refractivity contribution in [2.75, 3.05) is 18.6 Å². The minimum atomic E-state index is -0.894. The molecule has 2 aliphatic heterocycles. The summed E-state index contributed by atoms with van der Waals surface area (Å²) in [5.41, 5.74) is 3.39. The molecule has 0 N–H and O–H groups in total. The van der Waals surface area contributed by atoms with Crippen LogP contribution in [0.15, 0.2) is 92.3 Å². The Labute approximate surface area is 277 Å². The lowest BCUT2D eigenvalue weighted by atomic mass is 9.93. The number of halogens is 2. The van der Waals surface area contributed by atoms with E-state index in [0.717, 1.165) is 21.4 Å². The van der Waals surface area contributed by atoms with Gasteiger partial charge in [-0.25, -0.2) is 9.79 Å². The number of anilines is 1. The van der Waals surface area contributed by atoms with Crippen LogP contribution in [0.25, 0.3) is 5.57 Å². The van der Waals surface area contributed by atoms with Crippen LogP contribution in [0.5, 0.6) is 5.75 Å². The van der Waals surface area contributed by atoms with Crippen LogP contribution in [0.2, 0.25) is 5.02 Å². The van der Waals surface area contributed by atoms with Crippen LogP contribution in [0.1, 0.15) is 49.4 Å². The minimum absolute atomic E-state index is 0.158. The first-order chi connectivity index (χ1) is 21.8. The Morgan fingerprint density at radius 3 is 2.56 bits per heavy atom. The van der Waals surface area contributed by atoms with Gasteiger partial charge in [0.1, 0.15) is 16.3 Å². The van der Waals surface area contributed by atoms with Crippen LogP contribution in [0.3, 0.4) is 0 Å². The maximum absolute atomic E-state index is 14.6. The van der Waals surface area contributed by atoms with Gasteiger partial charge >= 0.3 is 5.97 Å². The van der Waals surface area contributed by atoms with Gasteiger partial charge in [0.25, 0.3) is 11.5 Å². The highest BCUT2D eigenvalue weighted by atomic mass is 79.9. The average molecular weight is 707 g/mol. The Morgan fingerprint density at radius 1 is 1.07 bits per heavy atom. The molecule has 1 aromatic heterocycles. The SMILES string of the molecule is CCCC1=C(C(=O)OCC)[C@H](c2cc(Br)ccc2OC)n2c(s/c(=C3\C(=O)N(Cc4ccccc4Cl)c4ccccc43)c2=O)=N1. The molecule has 3 aromatic carbocycles. The quantitative estimate of drug-likeness (QED) is 0.212. The monoisotopic (exact) mass is 705 g/mol. The number of nitrogens with zero attached hydrogens (tertiary/aromatic N) is 3. The Balaban J connectivity index is 1.63. The van der Waals surface area contributed by atoms with E-state index in [2.05, 4.69) is 15.9 Å². The second kappa shape index (κ2) is 12.8. The van der Waals surface area contributed by atoms with Crippen LogP contribution in [-0.4, -0.2) is 30.2 Å². The number of esters is 1. The first-order valence-corrected chi connectivity index (χ1v) is 16.5. The van der Waals surface area contributed by atoms with E-state index in [4.69, 9.17) is 26.1 Å². The highest BCUT2D eigenvalue weighted by Gasteiger charge is 2.39. The van der Waals surface area contributed by atoms with Crippen LogP contribution in [0, 0.1) is 0 Å². The highest BCUT2D eigenvalue weighted by molar-refractivity contribution is 9.10. The Hall–Kier alpha value is -3.99. The number of fused-ring (bicyclic) bond motifs is 2. The predicted molar refractivity (Wildman–Crippen MR) is 178 cm³/mol. The van der Waals surface area contributed by atoms with Crippen molar-refractivity contribution >= 4 is 62.0 Å². The number of carbonyl (C=O) groups is 2. The molecule has 4 aromatic rings. The average Bonchev–Trinajstić information content (AvgIpc) is 3.49. The van der Waals surface area contributed by atoms with E-state index in [1.165, 1.54) is 4.57 Å². The van der Waals surface area contributed by atoms with E-state index in [9.17, 15) is 14.4 Å². The first kappa shape index (κ1) is 31.0. The summed E-state index contributed by atoms with van der Waals surface area (Å²) in [4.78, 5) is 49.3. The lowest BCUT2D eigenvalue weighted by molar-refractivity contribution is -0.139. The second-order valence-corrected chi connectivity index (χ2v) is 12.8. The fraction of sp³-hybridized carbons (Fsp3) is 0.235. The standard InChI is InChI=1S/C34H29BrClN3O5S/c1-4-10-24-28(33(42)44-5-2)29(22-17-20(35)15-16-26(22)43-3)39-32(41)30(45-34(39)37-24)27-21-12-7-9-14-25(21)38(31(27)40)18-19-11-6-8-13-23(19)36/h6-9,11-17,29H,4-5,10,18H2,1-3H3/b30-27-/t29-/m0/s1. The van der Waals surface area contributed by atoms with Crippen LogP contribution < -0.4 is 24.5 Å². The molecule has 0 bridgehead atoms. The lowest BCUT2D eigenvalue weighted by Gasteiger charge is -2.27. The van der Waals surface area contributed by atoms with E-state index in [1.54, 1.807) is 31.1 Å². The van der Waals surface area contributed by atoms with E-state index in [0.29, 0.717) is 56.5 Å². The Morgan fingerprint density at radius 2 is 1.82 bits per heavy atom. The summed E-state index contributed by atoms with van der Waals surface area (Å²) in [7, 11) is 1.54. The largest absolute Gasteiger partial charge is 0.496 e. The lowest BCUT2D eigenvalue weighted by Crippen LogP contribution is -2.41. The molecule has 11 heteroatoms. The number of amides is 1. The van der Waals surface area contributed by atoms with Gasteiger partial charge in [-0.15, -0.1) is 0 Å². The van der Waals surface area contributed by atoms with Crippen molar-refractivity contribution in [3.05, 3.63) is 124 Å². The third kappa shape index (κ3) is 5.45. The van der Waals surface area contributed by atoms with Crippen molar-refractivity contribution in [3.63, 3.8) is 0 Å². The van der Waals surface area contributed by atoms with Crippen molar-refractivity contribution in [2.24, 2.45) is 4.99 Å². The molecule has 45 heavy (non-hydrogen) atoms. The van der Waals surface area contributed by atoms with Crippen molar-refractivity contribution in [1.82, 2.24) is 4.57 Å². The normalized spacial score (nSPS) is 16.8. The number of hydrogen-bond donors (Lipinski definition) is 0. The summed E-state index contributed by atoms with van der Waals surface area (Å²) in [5.74, 6) is -0.367. The Kier molecular flexibility index (Phi) is 8.81. The molecule has 0 radical (unpaired) electrons. The van der Waals surface area contributed by atoms with Gasteiger partial charge in [-0.1, -0.05) is 88.6 Å². The molecule has 6 rings (SSSR count). The van der Waals surface area contributed by atoms with Crippen LogP contribution in [0.4, 0.5) is 5.69 Å². The minimum Gasteiger partial charge on any atom is -0.496 e.